The largest absolute Gasteiger partial charge is 0.467 e. The lowest BCUT2D eigenvalue weighted by Crippen LogP contribution is -2.24. The SMILES string of the molecule is Cn1c(SCC(=O)NCc2ccco2)nnc1-c1ccc(NC(=O)c2ccccc2Cl)cc1. The third kappa shape index (κ3) is 5.63. The summed E-state index contributed by atoms with van der Waals surface area (Å²) in [7, 11) is 1.84. The summed E-state index contributed by atoms with van der Waals surface area (Å²) in [6, 6.07) is 17.7. The molecule has 0 aliphatic carbocycles. The third-order valence-electron chi connectivity index (χ3n) is 4.73. The van der Waals surface area contributed by atoms with Gasteiger partial charge in [0.1, 0.15) is 5.76 Å². The number of anilines is 1. The van der Waals surface area contributed by atoms with Crippen LogP contribution in [0.15, 0.2) is 76.5 Å². The minimum absolute atomic E-state index is 0.125. The van der Waals surface area contributed by atoms with Gasteiger partial charge in [-0.1, -0.05) is 35.5 Å². The summed E-state index contributed by atoms with van der Waals surface area (Å²) < 4.78 is 7.02. The number of hydrogen-bond acceptors (Lipinski definition) is 6. The molecule has 0 saturated carbocycles. The van der Waals surface area contributed by atoms with E-state index < -0.39 is 0 Å². The molecule has 2 N–H and O–H groups in total. The molecule has 0 saturated heterocycles. The zero-order chi connectivity index (χ0) is 23.2. The van der Waals surface area contributed by atoms with Crippen LogP contribution in [-0.4, -0.2) is 32.3 Å². The molecule has 0 fully saturated rings. The first-order valence-corrected chi connectivity index (χ1v) is 11.3. The van der Waals surface area contributed by atoms with Crippen molar-refractivity contribution in [3.05, 3.63) is 83.3 Å². The number of hydrogen-bond donors (Lipinski definition) is 2. The molecule has 0 aliphatic heterocycles. The third-order valence-corrected chi connectivity index (χ3v) is 6.08. The highest BCUT2D eigenvalue weighted by molar-refractivity contribution is 7.99. The van der Waals surface area contributed by atoms with Crippen molar-refractivity contribution in [2.45, 2.75) is 11.7 Å². The van der Waals surface area contributed by atoms with Gasteiger partial charge in [-0.25, -0.2) is 0 Å². The summed E-state index contributed by atoms with van der Waals surface area (Å²) in [5.41, 5.74) is 1.87. The Kier molecular flexibility index (Phi) is 7.11. The lowest BCUT2D eigenvalue weighted by atomic mass is 10.1. The van der Waals surface area contributed by atoms with Crippen molar-refractivity contribution < 1.29 is 14.0 Å². The Morgan fingerprint density at radius 3 is 2.58 bits per heavy atom. The van der Waals surface area contributed by atoms with E-state index in [1.807, 2.05) is 23.7 Å². The van der Waals surface area contributed by atoms with Gasteiger partial charge in [0.25, 0.3) is 5.91 Å². The van der Waals surface area contributed by atoms with E-state index in [9.17, 15) is 9.59 Å². The first-order chi connectivity index (χ1) is 16.0. The minimum Gasteiger partial charge on any atom is -0.467 e. The summed E-state index contributed by atoms with van der Waals surface area (Å²) in [6.07, 6.45) is 1.57. The topological polar surface area (TPSA) is 102 Å². The highest BCUT2D eigenvalue weighted by atomic mass is 35.5. The Morgan fingerprint density at radius 2 is 1.85 bits per heavy atom. The standard InChI is InChI=1S/C23H20ClN5O3S/c1-29-21(27-28-23(29)33-14-20(30)25-13-17-5-4-12-32-17)15-8-10-16(11-9-15)26-22(31)18-6-2-3-7-19(18)24/h2-12H,13-14H2,1H3,(H,25,30)(H,26,31). The van der Waals surface area contributed by atoms with Crippen LogP contribution in [0.5, 0.6) is 0 Å². The number of nitrogens with one attached hydrogen (secondary N) is 2. The van der Waals surface area contributed by atoms with Crippen molar-refractivity contribution in [3.8, 4) is 11.4 Å². The number of carbonyl (C=O) groups excluding carboxylic acids is 2. The highest BCUT2D eigenvalue weighted by Crippen LogP contribution is 2.24. The van der Waals surface area contributed by atoms with Gasteiger partial charge in [-0.2, -0.15) is 0 Å². The second kappa shape index (κ2) is 10.4. The summed E-state index contributed by atoms with van der Waals surface area (Å²) in [5.74, 6) is 1.15. The number of halogens is 1. The molecular formula is C23H20ClN5O3S. The predicted octanol–water partition coefficient (Wildman–Crippen LogP) is 4.39. The van der Waals surface area contributed by atoms with E-state index in [0.717, 1.165) is 5.56 Å². The smallest absolute Gasteiger partial charge is 0.257 e. The van der Waals surface area contributed by atoms with E-state index in [1.54, 1.807) is 54.8 Å². The van der Waals surface area contributed by atoms with Crippen molar-refractivity contribution in [2.75, 3.05) is 11.1 Å². The molecule has 8 nitrogen and oxygen atoms in total. The molecule has 2 heterocycles. The van der Waals surface area contributed by atoms with Crippen LogP contribution in [0, 0.1) is 0 Å². The number of thioether (sulfide) groups is 1. The van der Waals surface area contributed by atoms with Gasteiger partial charge in [-0.15, -0.1) is 10.2 Å². The zero-order valence-corrected chi connectivity index (χ0v) is 19.2. The first kappa shape index (κ1) is 22.6. The lowest BCUT2D eigenvalue weighted by Gasteiger charge is -2.08. The van der Waals surface area contributed by atoms with Crippen molar-refractivity contribution in [2.24, 2.45) is 7.05 Å². The fourth-order valence-corrected chi connectivity index (χ4v) is 3.98. The molecule has 0 aliphatic rings. The Bertz CT molecular complexity index is 1260. The number of furan rings is 1. The molecule has 0 bridgehead atoms. The van der Waals surface area contributed by atoms with Crippen LogP contribution in [0.2, 0.25) is 5.02 Å². The van der Waals surface area contributed by atoms with Gasteiger partial charge in [-0.05, 0) is 48.5 Å². The molecule has 10 heteroatoms. The average Bonchev–Trinajstić information content (AvgIpc) is 3.47. The maximum absolute atomic E-state index is 12.4. The average molecular weight is 482 g/mol. The van der Waals surface area contributed by atoms with Crippen LogP contribution in [-0.2, 0) is 18.4 Å². The Labute approximate surface area is 199 Å². The van der Waals surface area contributed by atoms with Gasteiger partial charge in [0.2, 0.25) is 5.91 Å². The molecule has 4 rings (SSSR count). The second-order valence-corrected chi connectivity index (χ2v) is 8.37. The van der Waals surface area contributed by atoms with Crippen LogP contribution in [0.3, 0.4) is 0 Å². The van der Waals surface area contributed by atoms with Gasteiger partial charge in [0.15, 0.2) is 11.0 Å². The van der Waals surface area contributed by atoms with Crippen LogP contribution < -0.4 is 10.6 Å². The van der Waals surface area contributed by atoms with Crippen molar-refractivity contribution >= 4 is 40.9 Å². The molecule has 2 aromatic carbocycles. The van der Waals surface area contributed by atoms with Crippen LogP contribution in [0.1, 0.15) is 16.1 Å². The number of aromatic nitrogens is 3. The van der Waals surface area contributed by atoms with Gasteiger partial charge >= 0.3 is 0 Å². The van der Waals surface area contributed by atoms with Crippen molar-refractivity contribution in [3.63, 3.8) is 0 Å². The second-order valence-electron chi connectivity index (χ2n) is 7.02. The summed E-state index contributed by atoms with van der Waals surface area (Å²) in [5, 5.41) is 15.1. The predicted molar refractivity (Wildman–Crippen MR) is 127 cm³/mol. The normalized spacial score (nSPS) is 10.7. The van der Waals surface area contributed by atoms with Crippen LogP contribution in [0.25, 0.3) is 11.4 Å². The highest BCUT2D eigenvalue weighted by Gasteiger charge is 2.14. The molecule has 2 aromatic heterocycles. The number of benzene rings is 2. The van der Waals surface area contributed by atoms with E-state index in [4.69, 9.17) is 16.0 Å². The van der Waals surface area contributed by atoms with E-state index in [1.165, 1.54) is 11.8 Å². The quantitative estimate of drug-likeness (QED) is 0.362. The number of amides is 2. The van der Waals surface area contributed by atoms with Gasteiger partial charge in [0.05, 0.1) is 29.1 Å². The zero-order valence-electron chi connectivity index (χ0n) is 17.6. The van der Waals surface area contributed by atoms with E-state index in [0.29, 0.717) is 39.6 Å². The maximum atomic E-state index is 12.4. The fraction of sp³-hybridized carbons (Fsp3) is 0.130. The first-order valence-electron chi connectivity index (χ1n) is 9.99. The Morgan fingerprint density at radius 1 is 1.06 bits per heavy atom. The van der Waals surface area contributed by atoms with E-state index in [-0.39, 0.29) is 17.6 Å². The molecule has 0 radical (unpaired) electrons. The van der Waals surface area contributed by atoms with Crippen molar-refractivity contribution in [1.82, 2.24) is 20.1 Å². The molecule has 0 atom stereocenters. The minimum atomic E-state index is -0.281. The maximum Gasteiger partial charge on any atom is 0.257 e. The van der Waals surface area contributed by atoms with E-state index in [2.05, 4.69) is 20.8 Å². The fourth-order valence-electron chi connectivity index (χ4n) is 3.02. The molecule has 33 heavy (non-hydrogen) atoms. The molecule has 4 aromatic rings. The van der Waals surface area contributed by atoms with Gasteiger partial charge in [-0.3, -0.25) is 9.59 Å². The van der Waals surface area contributed by atoms with Gasteiger partial charge < -0.3 is 19.6 Å². The monoisotopic (exact) mass is 481 g/mol. The summed E-state index contributed by atoms with van der Waals surface area (Å²) in [4.78, 5) is 24.5. The summed E-state index contributed by atoms with van der Waals surface area (Å²) in [6.45, 7) is 0.343. The molecular weight excluding hydrogens is 462 g/mol. The number of nitrogens with zero attached hydrogens (tertiary/aromatic N) is 3. The Hall–Kier alpha value is -3.56. The van der Waals surface area contributed by atoms with E-state index >= 15 is 0 Å². The molecule has 0 unspecified atom stereocenters. The molecule has 168 valence electrons. The molecule has 2 amide bonds. The summed E-state index contributed by atoms with van der Waals surface area (Å²) >= 11 is 7.38. The van der Waals surface area contributed by atoms with Gasteiger partial charge in [0, 0.05) is 18.3 Å². The Balaban J connectivity index is 1.35. The molecule has 0 spiro atoms. The number of rotatable bonds is 8. The van der Waals surface area contributed by atoms with Crippen LogP contribution in [0.4, 0.5) is 5.69 Å². The lowest BCUT2D eigenvalue weighted by molar-refractivity contribution is -0.118. The van der Waals surface area contributed by atoms with Crippen molar-refractivity contribution in [1.29, 1.82) is 0 Å². The van der Waals surface area contributed by atoms with Crippen LogP contribution >= 0.6 is 23.4 Å². The number of carbonyl (C=O) groups is 2.